The molecule has 2 atom stereocenters. The summed E-state index contributed by atoms with van der Waals surface area (Å²) >= 11 is 0. The van der Waals surface area contributed by atoms with Gasteiger partial charge in [0.05, 0.1) is 0 Å². The van der Waals surface area contributed by atoms with Crippen molar-refractivity contribution in [2.24, 2.45) is 0 Å². The Balaban J connectivity index is 1.55. The molecule has 3 nitrogen and oxygen atoms in total. The number of anilines is 1. The Morgan fingerprint density at radius 1 is 0.905 bits per heavy atom. The highest BCUT2D eigenvalue weighted by atomic mass is 15.3. The number of benzene rings is 1. The summed E-state index contributed by atoms with van der Waals surface area (Å²) in [6, 6.07) is 16.2. The van der Waals surface area contributed by atoms with Crippen LogP contribution in [0.3, 0.4) is 0 Å². The van der Waals surface area contributed by atoms with Gasteiger partial charge in [-0.25, -0.2) is 4.98 Å². The summed E-state index contributed by atoms with van der Waals surface area (Å²) in [6.45, 7) is 2.23. The highest BCUT2D eigenvalue weighted by molar-refractivity contribution is 5.63. The largest absolute Gasteiger partial charge is 0.353 e. The van der Waals surface area contributed by atoms with Gasteiger partial charge in [0, 0.05) is 36.9 Å². The third-order valence-electron chi connectivity index (χ3n) is 5.03. The molecule has 2 aromatic rings. The van der Waals surface area contributed by atoms with E-state index in [-0.39, 0.29) is 0 Å². The normalized spacial score (nSPS) is 25.3. The predicted octanol–water partition coefficient (Wildman–Crippen LogP) is 3.03. The minimum absolute atomic E-state index is 0.708. The number of hydrogen-bond donors (Lipinski definition) is 0. The number of rotatable bonds is 2. The van der Waals surface area contributed by atoms with Crippen molar-refractivity contribution in [3.05, 3.63) is 48.7 Å². The van der Waals surface area contributed by atoms with E-state index < -0.39 is 0 Å². The van der Waals surface area contributed by atoms with Gasteiger partial charge < -0.3 is 4.90 Å². The highest BCUT2D eigenvalue weighted by Gasteiger charge is 2.37. The van der Waals surface area contributed by atoms with Crippen LogP contribution in [0.5, 0.6) is 0 Å². The number of fused-ring (bicyclic) bond motifs is 2. The Morgan fingerprint density at radius 3 is 2.24 bits per heavy atom. The molecule has 1 aromatic heterocycles. The molecule has 0 N–H and O–H groups in total. The molecule has 3 heteroatoms. The second-order valence-corrected chi connectivity index (χ2v) is 6.23. The fourth-order valence-corrected chi connectivity index (χ4v) is 3.68. The molecule has 3 heterocycles. The Morgan fingerprint density at radius 2 is 1.62 bits per heavy atom. The molecular weight excluding hydrogens is 258 g/mol. The van der Waals surface area contributed by atoms with Gasteiger partial charge in [-0.1, -0.05) is 30.3 Å². The van der Waals surface area contributed by atoms with Gasteiger partial charge in [-0.2, -0.15) is 0 Å². The minimum atomic E-state index is 0.708. The second kappa shape index (κ2) is 5.15. The average molecular weight is 279 g/mol. The molecular formula is C18H21N3. The van der Waals surface area contributed by atoms with Gasteiger partial charge in [0.2, 0.25) is 0 Å². The molecule has 2 aliphatic heterocycles. The van der Waals surface area contributed by atoms with Gasteiger partial charge in [-0.05, 0) is 37.6 Å². The molecule has 1 aromatic carbocycles. The van der Waals surface area contributed by atoms with E-state index in [2.05, 4.69) is 53.2 Å². The van der Waals surface area contributed by atoms with Crippen molar-refractivity contribution in [3.63, 3.8) is 0 Å². The molecule has 2 unspecified atom stereocenters. The Labute approximate surface area is 126 Å². The number of pyridine rings is 1. The van der Waals surface area contributed by atoms with E-state index in [1.165, 1.54) is 24.0 Å². The van der Waals surface area contributed by atoms with Gasteiger partial charge in [-0.15, -0.1) is 0 Å². The Bertz CT molecular complexity index is 594. The maximum atomic E-state index is 4.71. The first-order valence-electron chi connectivity index (χ1n) is 7.79. The van der Waals surface area contributed by atoms with Crippen LogP contribution in [0.2, 0.25) is 0 Å². The standard InChI is InChI=1S/C18H21N3/c1-20-16-8-9-17(20)13-21(12-16)18-10-7-15(11-19-18)14-5-3-2-4-6-14/h2-7,10-11,16-17H,8-9,12-13H2,1H3. The monoisotopic (exact) mass is 279 g/mol. The lowest BCUT2D eigenvalue weighted by Crippen LogP contribution is -2.52. The first-order chi connectivity index (χ1) is 10.3. The molecule has 0 spiro atoms. The zero-order chi connectivity index (χ0) is 14.2. The van der Waals surface area contributed by atoms with Crippen LogP contribution in [0.15, 0.2) is 48.7 Å². The van der Waals surface area contributed by atoms with Crippen molar-refractivity contribution in [3.8, 4) is 11.1 Å². The van der Waals surface area contributed by atoms with Gasteiger partial charge in [-0.3, -0.25) is 4.90 Å². The number of piperazine rings is 1. The van der Waals surface area contributed by atoms with Crippen molar-refractivity contribution in [2.75, 3.05) is 25.0 Å². The lowest BCUT2D eigenvalue weighted by atomic mass is 10.1. The molecule has 2 saturated heterocycles. The van der Waals surface area contributed by atoms with Crippen LogP contribution in [0.1, 0.15) is 12.8 Å². The SMILES string of the molecule is CN1C2CCC1CN(c1ccc(-c3ccccc3)cn1)C2. The van der Waals surface area contributed by atoms with E-state index in [0.717, 1.165) is 18.9 Å². The van der Waals surface area contributed by atoms with E-state index in [9.17, 15) is 0 Å². The maximum absolute atomic E-state index is 4.71. The summed E-state index contributed by atoms with van der Waals surface area (Å²) in [6.07, 6.45) is 4.67. The first kappa shape index (κ1) is 12.8. The predicted molar refractivity (Wildman–Crippen MR) is 86.5 cm³/mol. The van der Waals surface area contributed by atoms with Crippen LogP contribution in [-0.4, -0.2) is 42.1 Å². The van der Waals surface area contributed by atoms with Crippen LogP contribution in [0.4, 0.5) is 5.82 Å². The number of nitrogens with zero attached hydrogens (tertiary/aromatic N) is 3. The fraction of sp³-hybridized carbons (Fsp3) is 0.389. The van der Waals surface area contributed by atoms with E-state index in [1.807, 2.05) is 12.3 Å². The van der Waals surface area contributed by atoms with Gasteiger partial charge in [0.15, 0.2) is 0 Å². The van der Waals surface area contributed by atoms with E-state index in [1.54, 1.807) is 0 Å². The van der Waals surface area contributed by atoms with Crippen molar-refractivity contribution in [2.45, 2.75) is 24.9 Å². The zero-order valence-electron chi connectivity index (χ0n) is 12.4. The molecule has 2 fully saturated rings. The quantitative estimate of drug-likeness (QED) is 0.842. The Kier molecular flexibility index (Phi) is 3.15. The van der Waals surface area contributed by atoms with Crippen molar-refractivity contribution in [1.82, 2.24) is 9.88 Å². The fourth-order valence-electron chi connectivity index (χ4n) is 3.68. The summed E-state index contributed by atoms with van der Waals surface area (Å²) in [5, 5.41) is 0. The molecule has 2 aliphatic rings. The summed E-state index contributed by atoms with van der Waals surface area (Å²) in [5.74, 6) is 1.12. The van der Waals surface area contributed by atoms with Gasteiger partial charge in [0.25, 0.3) is 0 Å². The zero-order valence-corrected chi connectivity index (χ0v) is 12.4. The Hall–Kier alpha value is -1.87. The average Bonchev–Trinajstić information content (AvgIpc) is 2.77. The smallest absolute Gasteiger partial charge is 0.128 e. The van der Waals surface area contributed by atoms with E-state index in [0.29, 0.717) is 12.1 Å². The van der Waals surface area contributed by atoms with Crippen molar-refractivity contribution >= 4 is 5.82 Å². The summed E-state index contributed by atoms with van der Waals surface area (Å²) in [5.41, 5.74) is 2.42. The maximum Gasteiger partial charge on any atom is 0.128 e. The van der Waals surface area contributed by atoms with Crippen molar-refractivity contribution < 1.29 is 0 Å². The molecule has 2 bridgehead atoms. The molecule has 0 saturated carbocycles. The topological polar surface area (TPSA) is 19.4 Å². The summed E-state index contributed by atoms with van der Waals surface area (Å²) < 4.78 is 0. The lowest BCUT2D eigenvalue weighted by Gasteiger charge is -2.39. The first-order valence-corrected chi connectivity index (χ1v) is 7.79. The number of hydrogen-bond acceptors (Lipinski definition) is 3. The number of aromatic nitrogens is 1. The molecule has 0 aliphatic carbocycles. The third-order valence-corrected chi connectivity index (χ3v) is 5.03. The van der Waals surface area contributed by atoms with E-state index >= 15 is 0 Å². The van der Waals surface area contributed by atoms with Gasteiger partial charge in [0.1, 0.15) is 5.82 Å². The highest BCUT2D eigenvalue weighted by Crippen LogP contribution is 2.31. The van der Waals surface area contributed by atoms with Gasteiger partial charge >= 0.3 is 0 Å². The van der Waals surface area contributed by atoms with Crippen LogP contribution in [0, 0.1) is 0 Å². The molecule has 4 rings (SSSR count). The summed E-state index contributed by atoms with van der Waals surface area (Å²) in [4.78, 5) is 9.71. The van der Waals surface area contributed by atoms with E-state index in [4.69, 9.17) is 4.98 Å². The second-order valence-electron chi connectivity index (χ2n) is 6.23. The molecule has 0 amide bonds. The molecule has 21 heavy (non-hydrogen) atoms. The summed E-state index contributed by atoms with van der Waals surface area (Å²) in [7, 11) is 2.27. The number of likely N-dealkylation sites (N-methyl/N-ethyl adjacent to an activating group) is 1. The van der Waals surface area contributed by atoms with Crippen LogP contribution in [-0.2, 0) is 0 Å². The van der Waals surface area contributed by atoms with Crippen molar-refractivity contribution in [1.29, 1.82) is 0 Å². The third kappa shape index (κ3) is 2.32. The lowest BCUT2D eigenvalue weighted by molar-refractivity contribution is 0.212. The molecule has 108 valence electrons. The van der Waals surface area contributed by atoms with Crippen LogP contribution < -0.4 is 4.90 Å². The van der Waals surface area contributed by atoms with Crippen LogP contribution in [0.25, 0.3) is 11.1 Å². The molecule has 0 radical (unpaired) electrons. The van der Waals surface area contributed by atoms with Crippen LogP contribution >= 0.6 is 0 Å². The minimum Gasteiger partial charge on any atom is -0.353 e.